The van der Waals surface area contributed by atoms with Crippen LogP contribution >= 0.6 is 15.9 Å². The second-order valence-electron chi connectivity index (χ2n) is 6.76. The van der Waals surface area contributed by atoms with Crippen LogP contribution in [0.5, 0.6) is 5.75 Å². The number of hydrogen-bond acceptors (Lipinski definition) is 4. The predicted molar refractivity (Wildman–Crippen MR) is 107 cm³/mol. The molecule has 0 aliphatic heterocycles. The molecule has 0 saturated heterocycles. The molecule has 2 aromatic carbocycles. The summed E-state index contributed by atoms with van der Waals surface area (Å²) in [5.74, 6) is -2.82. The van der Waals surface area contributed by atoms with Crippen LogP contribution in [0.3, 0.4) is 0 Å². The molecule has 2 atom stereocenters. The van der Waals surface area contributed by atoms with Gasteiger partial charge in [0, 0.05) is 0 Å². The van der Waals surface area contributed by atoms with E-state index in [1.165, 1.54) is 0 Å². The monoisotopic (exact) mass is 448 g/mol. The molecule has 2 unspecified atom stereocenters. The number of amides is 2. The van der Waals surface area contributed by atoms with Crippen LogP contribution in [0, 0.1) is 11.8 Å². The van der Waals surface area contributed by atoms with Crippen LogP contribution in [0.2, 0.25) is 0 Å². The van der Waals surface area contributed by atoms with Crippen molar-refractivity contribution in [3.05, 3.63) is 40.9 Å². The first-order chi connectivity index (χ1) is 13.5. The molecule has 3 rings (SSSR count). The summed E-state index contributed by atoms with van der Waals surface area (Å²) in [5, 5.41) is 11.3. The fourth-order valence-corrected chi connectivity index (χ4v) is 4.08. The molecule has 1 aliphatic rings. The third-order valence-electron chi connectivity index (χ3n) is 4.93. The van der Waals surface area contributed by atoms with E-state index < -0.39 is 29.6 Å². The summed E-state index contributed by atoms with van der Waals surface area (Å²) < 4.78 is 6.28. The summed E-state index contributed by atoms with van der Waals surface area (Å²) >= 11 is 3.48. The number of carboxylic acid groups (broad SMARTS) is 1. The predicted octanol–water partition coefficient (Wildman–Crippen LogP) is 3.02. The zero-order chi connectivity index (χ0) is 20.1. The van der Waals surface area contributed by atoms with Gasteiger partial charge in [-0.05, 0) is 45.6 Å². The molecular weight excluding hydrogens is 428 g/mol. The topological polar surface area (TPSA) is 105 Å². The van der Waals surface area contributed by atoms with E-state index in [2.05, 4.69) is 26.8 Å². The van der Waals surface area contributed by atoms with Crippen molar-refractivity contribution in [2.45, 2.75) is 25.7 Å². The molecule has 1 aliphatic carbocycles. The first-order valence-electron chi connectivity index (χ1n) is 9.09. The largest absolute Gasteiger partial charge is 0.483 e. The van der Waals surface area contributed by atoms with Crippen LogP contribution in [0.15, 0.2) is 40.9 Å². The lowest BCUT2D eigenvalue weighted by molar-refractivity contribution is -0.149. The summed E-state index contributed by atoms with van der Waals surface area (Å²) in [5.41, 5.74) is 4.62. The fraction of sp³-hybridized carbons (Fsp3) is 0.350. The van der Waals surface area contributed by atoms with E-state index >= 15 is 0 Å². The molecule has 7 nitrogen and oxygen atoms in total. The van der Waals surface area contributed by atoms with Gasteiger partial charge in [0.15, 0.2) is 6.61 Å². The first-order valence-corrected chi connectivity index (χ1v) is 9.88. The zero-order valence-corrected chi connectivity index (χ0v) is 16.7. The second-order valence-corrected chi connectivity index (χ2v) is 7.55. The zero-order valence-electron chi connectivity index (χ0n) is 15.1. The minimum Gasteiger partial charge on any atom is -0.483 e. The van der Waals surface area contributed by atoms with E-state index in [-0.39, 0.29) is 6.61 Å². The van der Waals surface area contributed by atoms with Gasteiger partial charge in [0.25, 0.3) is 5.91 Å². The molecule has 0 radical (unpaired) electrons. The van der Waals surface area contributed by atoms with Crippen LogP contribution in [0.1, 0.15) is 25.7 Å². The van der Waals surface area contributed by atoms with Crippen molar-refractivity contribution in [1.82, 2.24) is 10.9 Å². The first kappa shape index (κ1) is 20.1. The third-order valence-corrected chi connectivity index (χ3v) is 5.75. The average molecular weight is 449 g/mol. The Hall–Kier alpha value is -2.61. The van der Waals surface area contributed by atoms with Crippen LogP contribution in [0.4, 0.5) is 0 Å². The quantitative estimate of drug-likeness (QED) is 0.609. The van der Waals surface area contributed by atoms with Crippen LogP contribution in [-0.4, -0.2) is 29.5 Å². The molecule has 0 spiro atoms. The van der Waals surface area contributed by atoms with Crippen molar-refractivity contribution in [3.8, 4) is 5.75 Å². The van der Waals surface area contributed by atoms with Gasteiger partial charge in [0.1, 0.15) is 5.75 Å². The number of carbonyl (C=O) groups is 3. The maximum atomic E-state index is 12.3. The van der Waals surface area contributed by atoms with E-state index in [4.69, 9.17) is 4.74 Å². The van der Waals surface area contributed by atoms with E-state index in [1.807, 2.05) is 30.3 Å². The molecule has 2 aromatic rings. The molecule has 0 heterocycles. The van der Waals surface area contributed by atoms with Crippen LogP contribution in [0.25, 0.3) is 10.8 Å². The Kier molecular flexibility index (Phi) is 6.51. The highest BCUT2D eigenvalue weighted by Crippen LogP contribution is 2.33. The smallest absolute Gasteiger partial charge is 0.307 e. The minimum absolute atomic E-state index is 0.287. The molecule has 1 fully saturated rings. The summed E-state index contributed by atoms with van der Waals surface area (Å²) in [6, 6.07) is 11.4. The third kappa shape index (κ3) is 4.62. The minimum atomic E-state index is -0.976. The Morgan fingerprint density at radius 2 is 1.75 bits per heavy atom. The highest BCUT2D eigenvalue weighted by Gasteiger charge is 2.35. The summed E-state index contributed by atoms with van der Waals surface area (Å²) in [7, 11) is 0. The highest BCUT2D eigenvalue weighted by molar-refractivity contribution is 9.10. The Morgan fingerprint density at radius 1 is 1.04 bits per heavy atom. The Balaban J connectivity index is 1.53. The molecule has 0 bridgehead atoms. The van der Waals surface area contributed by atoms with Crippen molar-refractivity contribution in [2.24, 2.45) is 11.8 Å². The van der Waals surface area contributed by atoms with Crippen molar-refractivity contribution in [2.75, 3.05) is 6.61 Å². The van der Waals surface area contributed by atoms with Gasteiger partial charge in [0.2, 0.25) is 5.91 Å². The Morgan fingerprint density at radius 3 is 2.50 bits per heavy atom. The number of halogens is 1. The number of ether oxygens (including phenoxy) is 1. The number of hydrazine groups is 1. The van der Waals surface area contributed by atoms with E-state index in [0.29, 0.717) is 18.6 Å². The fourth-order valence-electron chi connectivity index (χ4n) is 3.47. The van der Waals surface area contributed by atoms with Gasteiger partial charge in [-0.2, -0.15) is 0 Å². The maximum Gasteiger partial charge on any atom is 0.307 e. The van der Waals surface area contributed by atoms with Crippen molar-refractivity contribution >= 4 is 44.5 Å². The lowest BCUT2D eigenvalue weighted by Crippen LogP contribution is -2.49. The number of nitrogens with one attached hydrogen (secondary N) is 2. The van der Waals surface area contributed by atoms with Gasteiger partial charge in [-0.15, -0.1) is 0 Å². The number of benzene rings is 2. The molecule has 8 heteroatoms. The maximum absolute atomic E-state index is 12.3. The van der Waals surface area contributed by atoms with Gasteiger partial charge >= 0.3 is 5.97 Å². The van der Waals surface area contributed by atoms with Gasteiger partial charge in [-0.1, -0.05) is 43.2 Å². The Bertz CT molecular complexity index is 901. The van der Waals surface area contributed by atoms with Gasteiger partial charge < -0.3 is 9.84 Å². The number of rotatable bonds is 5. The van der Waals surface area contributed by atoms with Crippen molar-refractivity contribution < 1.29 is 24.2 Å². The summed E-state index contributed by atoms with van der Waals surface area (Å²) in [6.45, 7) is -0.287. The lowest BCUT2D eigenvalue weighted by atomic mass is 9.79. The van der Waals surface area contributed by atoms with E-state index in [0.717, 1.165) is 28.1 Å². The van der Waals surface area contributed by atoms with Gasteiger partial charge in [-0.3, -0.25) is 25.2 Å². The highest BCUT2D eigenvalue weighted by atomic mass is 79.9. The van der Waals surface area contributed by atoms with Crippen molar-refractivity contribution in [1.29, 1.82) is 0 Å². The van der Waals surface area contributed by atoms with Gasteiger partial charge in [0.05, 0.1) is 16.3 Å². The second kappa shape index (κ2) is 9.05. The molecule has 28 heavy (non-hydrogen) atoms. The van der Waals surface area contributed by atoms with Crippen LogP contribution in [-0.2, 0) is 14.4 Å². The molecule has 3 N–H and O–H groups in total. The average Bonchev–Trinajstić information content (AvgIpc) is 2.71. The SMILES string of the molecule is O=C(COc1ccc2ccccc2c1Br)NNC(=O)C1CCCCC1C(=O)O. The van der Waals surface area contributed by atoms with E-state index in [9.17, 15) is 19.5 Å². The van der Waals surface area contributed by atoms with E-state index in [1.54, 1.807) is 6.07 Å². The summed E-state index contributed by atoms with van der Waals surface area (Å²) in [6.07, 6.45) is 2.57. The summed E-state index contributed by atoms with van der Waals surface area (Å²) in [4.78, 5) is 35.6. The standard InChI is InChI=1S/C20H21BrN2O5/c21-18-13-6-2-1-5-12(13)9-10-16(18)28-11-17(24)22-23-19(25)14-7-3-4-8-15(14)20(26)27/h1-2,5-6,9-10,14-15H,3-4,7-8,11H2,(H,22,24)(H,23,25)(H,26,27). The lowest BCUT2D eigenvalue weighted by Gasteiger charge is -2.27. The number of fused-ring (bicyclic) bond motifs is 1. The molecule has 1 saturated carbocycles. The number of hydrogen-bond donors (Lipinski definition) is 3. The number of carbonyl (C=O) groups excluding carboxylic acids is 2. The number of aliphatic carboxylic acids is 1. The molecule has 0 aromatic heterocycles. The number of carboxylic acids is 1. The normalized spacial score (nSPS) is 19.0. The molecule has 148 valence electrons. The van der Waals surface area contributed by atoms with Crippen molar-refractivity contribution in [3.63, 3.8) is 0 Å². The van der Waals surface area contributed by atoms with Gasteiger partial charge in [-0.25, -0.2) is 0 Å². The Labute approximate surface area is 170 Å². The van der Waals surface area contributed by atoms with Crippen LogP contribution < -0.4 is 15.6 Å². The molecule has 2 amide bonds. The molecular formula is C20H21BrN2O5.